The second-order valence-corrected chi connectivity index (χ2v) is 8.47. The van der Waals surface area contributed by atoms with Crippen LogP contribution in [-0.4, -0.2) is 43.2 Å². The maximum absolute atomic E-state index is 12.0. The fraction of sp³-hybridized carbons (Fsp3) is 0.500. The van der Waals surface area contributed by atoms with Gasteiger partial charge in [0, 0.05) is 35.6 Å². The van der Waals surface area contributed by atoms with E-state index in [1.54, 1.807) is 41.8 Å². The standard InChI is InChI=1S/C14H18N2O3S2/c1-10(17)12-4-3-11(8-15)7-13(12)16-5-6-20-9-14(16)21(2,18)19/h3-4,7,10,14,17H,5-6,9H2,1-2H3/t10-,14?/m1/s1. The summed E-state index contributed by atoms with van der Waals surface area (Å²) in [4.78, 5) is 1.80. The van der Waals surface area contributed by atoms with Gasteiger partial charge in [-0.2, -0.15) is 17.0 Å². The van der Waals surface area contributed by atoms with Crippen LogP contribution in [0, 0.1) is 11.3 Å². The molecule has 0 aromatic heterocycles. The lowest BCUT2D eigenvalue weighted by atomic mass is 10.0. The lowest BCUT2D eigenvalue weighted by Crippen LogP contribution is -2.47. The quantitative estimate of drug-likeness (QED) is 0.907. The molecular weight excluding hydrogens is 308 g/mol. The van der Waals surface area contributed by atoms with E-state index in [0.29, 0.717) is 29.1 Å². The minimum absolute atomic E-state index is 0.458. The highest BCUT2D eigenvalue weighted by Gasteiger charge is 2.32. The molecule has 1 saturated heterocycles. The molecule has 0 amide bonds. The van der Waals surface area contributed by atoms with Gasteiger partial charge in [0.2, 0.25) is 0 Å². The number of hydrogen-bond donors (Lipinski definition) is 1. The third kappa shape index (κ3) is 3.51. The van der Waals surface area contributed by atoms with Crippen LogP contribution in [-0.2, 0) is 9.84 Å². The normalized spacial score (nSPS) is 20.9. The van der Waals surface area contributed by atoms with Gasteiger partial charge in [-0.15, -0.1) is 0 Å². The second kappa shape index (κ2) is 6.26. The van der Waals surface area contributed by atoms with Crippen LogP contribution in [0.4, 0.5) is 5.69 Å². The van der Waals surface area contributed by atoms with Crippen molar-refractivity contribution < 1.29 is 13.5 Å². The number of sulfone groups is 1. The largest absolute Gasteiger partial charge is 0.389 e. The number of aliphatic hydroxyl groups excluding tert-OH is 1. The first-order valence-corrected chi connectivity index (χ1v) is 9.71. The van der Waals surface area contributed by atoms with Crippen molar-refractivity contribution in [3.8, 4) is 6.07 Å². The first kappa shape index (κ1) is 16.1. The van der Waals surface area contributed by atoms with Gasteiger partial charge in [0.1, 0.15) is 5.37 Å². The van der Waals surface area contributed by atoms with Crippen molar-refractivity contribution >= 4 is 27.3 Å². The topological polar surface area (TPSA) is 81.4 Å². The Bertz CT molecular complexity index is 665. The molecule has 1 aliphatic rings. The van der Waals surface area contributed by atoms with Crippen LogP contribution >= 0.6 is 11.8 Å². The zero-order valence-electron chi connectivity index (χ0n) is 12.0. The van der Waals surface area contributed by atoms with Gasteiger partial charge in [-0.1, -0.05) is 6.07 Å². The molecule has 0 radical (unpaired) electrons. The van der Waals surface area contributed by atoms with Crippen LogP contribution in [0.2, 0.25) is 0 Å². The summed E-state index contributed by atoms with van der Waals surface area (Å²) in [7, 11) is -3.24. The zero-order chi connectivity index (χ0) is 15.6. The van der Waals surface area contributed by atoms with Crippen LogP contribution < -0.4 is 4.90 Å². The van der Waals surface area contributed by atoms with Gasteiger partial charge >= 0.3 is 0 Å². The highest BCUT2D eigenvalue weighted by molar-refractivity contribution is 8.01. The van der Waals surface area contributed by atoms with E-state index in [4.69, 9.17) is 5.26 Å². The average Bonchev–Trinajstić information content (AvgIpc) is 2.45. The van der Waals surface area contributed by atoms with E-state index in [1.807, 2.05) is 0 Å². The van der Waals surface area contributed by atoms with Gasteiger partial charge in [0.15, 0.2) is 9.84 Å². The summed E-state index contributed by atoms with van der Waals surface area (Å²) in [6.07, 6.45) is 0.509. The van der Waals surface area contributed by atoms with E-state index in [1.165, 1.54) is 6.26 Å². The fourth-order valence-corrected chi connectivity index (χ4v) is 5.26. The molecule has 2 rings (SSSR count). The van der Waals surface area contributed by atoms with Crippen LogP contribution in [0.3, 0.4) is 0 Å². The van der Waals surface area contributed by atoms with E-state index in [2.05, 4.69) is 6.07 Å². The van der Waals surface area contributed by atoms with Gasteiger partial charge < -0.3 is 10.0 Å². The van der Waals surface area contributed by atoms with Crippen molar-refractivity contribution in [1.29, 1.82) is 5.26 Å². The Kier molecular flexibility index (Phi) is 4.81. The Balaban J connectivity index is 2.54. The van der Waals surface area contributed by atoms with Crippen molar-refractivity contribution in [3.05, 3.63) is 29.3 Å². The molecule has 0 spiro atoms. The molecule has 1 aliphatic heterocycles. The van der Waals surface area contributed by atoms with Crippen LogP contribution in [0.25, 0.3) is 0 Å². The molecule has 1 aromatic carbocycles. The monoisotopic (exact) mass is 326 g/mol. The fourth-order valence-electron chi connectivity index (χ4n) is 2.43. The van der Waals surface area contributed by atoms with Crippen LogP contribution in [0.5, 0.6) is 0 Å². The molecule has 1 unspecified atom stereocenters. The number of thioether (sulfide) groups is 1. The van der Waals surface area contributed by atoms with E-state index in [0.717, 1.165) is 5.75 Å². The summed E-state index contributed by atoms with van der Waals surface area (Å²) in [6.45, 7) is 2.22. The molecule has 0 bridgehead atoms. The summed E-state index contributed by atoms with van der Waals surface area (Å²) in [5.74, 6) is 1.32. The van der Waals surface area contributed by atoms with Crippen molar-refractivity contribution in [1.82, 2.24) is 0 Å². The van der Waals surface area contributed by atoms with Gasteiger partial charge in [-0.3, -0.25) is 0 Å². The molecule has 1 aromatic rings. The van der Waals surface area contributed by atoms with Crippen molar-refractivity contribution in [2.75, 3.05) is 29.2 Å². The minimum atomic E-state index is -3.24. The van der Waals surface area contributed by atoms with E-state index < -0.39 is 21.3 Å². The molecule has 2 atom stereocenters. The molecule has 0 aliphatic carbocycles. The summed E-state index contributed by atoms with van der Waals surface area (Å²) in [5, 5.41) is 18.4. The summed E-state index contributed by atoms with van der Waals surface area (Å²) in [5.41, 5.74) is 1.74. The van der Waals surface area contributed by atoms with E-state index >= 15 is 0 Å². The number of anilines is 1. The SMILES string of the molecule is C[C@@H](O)c1ccc(C#N)cc1N1CCSCC1S(C)(=O)=O. The molecule has 1 heterocycles. The molecule has 1 fully saturated rings. The number of nitriles is 1. The number of hydrogen-bond acceptors (Lipinski definition) is 6. The molecular formula is C14H18N2O3S2. The summed E-state index contributed by atoms with van der Waals surface area (Å²) >= 11 is 1.60. The number of aliphatic hydroxyl groups is 1. The molecule has 21 heavy (non-hydrogen) atoms. The van der Waals surface area contributed by atoms with Gasteiger partial charge in [0.25, 0.3) is 0 Å². The molecule has 114 valence electrons. The second-order valence-electron chi connectivity index (χ2n) is 5.11. The van der Waals surface area contributed by atoms with Crippen molar-refractivity contribution in [3.63, 3.8) is 0 Å². The third-order valence-electron chi connectivity index (χ3n) is 3.50. The van der Waals surface area contributed by atoms with E-state index in [9.17, 15) is 13.5 Å². The van der Waals surface area contributed by atoms with Gasteiger partial charge in [0.05, 0.1) is 17.7 Å². The summed E-state index contributed by atoms with van der Waals surface area (Å²) < 4.78 is 24.0. The molecule has 0 saturated carbocycles. The van der Waals surface area contributed by atoms with Gasteiger partial charge in [-0.05, 0) is 19.1 Å². The smallest absolute Gasteiger partial charge is 0.169 e. The highest BCUT2D eigenvalue weighted by Crippen LogP contribution is 2.33. The van der Waals surface area contributed by atoms with Crippen molar-refractivity contribution in [2.24, 2.45) is 0 Å². The van der Waals surface area contributed by atoms with Gasteiger partial charge in [-0.25, -0.2) is 8.42 Å². The first-order chi connectivity index (χ1) is 9.84. The predicted octanol–water partition coefficient (Wildman–Crippen LogP) is 1.54. The highest BCUT2D eigenvalue weighted by atomic mass is 32.2. The molecule has 1 N–H and O–H groups in total. The van der Waals surface area contributed by atoms with Crippen LogP contribution in [0.15, 0.2) is 18.2 Å². The minimum Gasteiger partial charge on any atom is -0.389 e. The van der Waals surface area contributed by atoms with Crippen LogP contribution in [0.1, 0.15) is 24.2 Å². The molecule has 7 heteroatoms. The Labute approximate surface area is 129 Å². The number of benzene rings is 1. The Hall–Kier alpha value is -1.23. The lowest BCUT2D eigenvalue weighted by molar-refractivity contribution is 0.199. The third-order valence-corrected chi connectivity index (χ3v) is 6.14. The maximum Gasteiger partial charge on any atom is 0.169 e. The predicted molar refractivity (Wildman–Crippen MR) is 85.1 cm³/mol. The Morgan fingerprint density at radius 2 is 2.24 bits per heavy atom. The maximum atomic E-state index is 12.0. The van der Waals surface area contributed by atoms with Crippen molar-refractivity contribution in [2.45, 2.75) is 18.4 Å². The Morgan fingerprint density at radius 3 is 2.81 bits per heavy atom. The average molecular weight is 326 g/mol. The molecule has 5 nitrogen and oxygen atoms in total. The summed E-state index contributed by atoms with van der Waals surface area (Å²) in [6, 6.07) is 7.06. The van der Waals surface area contributed by atoms with E-state index in [-0.39, 0.29) is 0 Å². The number of nitrogens with zero attached hydrogens (tertiary/aromatic N) is 2. The zero-order valence-corrected chi connectivity index (χ0v) is 13.6. The Morgan fingerprint density at radius 1 is 1.52 bits per heavy atom. The first-order valence-electron chi connectivity index (χ1n) is 6.60. The number of rotatable bonds is 3. The lowest BCUT2D eigenvalue weighted by Gasteiger charge is -2.37.